The fraction of sp³-hybridized carbons (Fsp3) is 0.250. The van der Waals surface area contributed by atoms with E-state index >= 15 is 0 Å². The van der Waals surface area contributed by atoms with Crippen molar-refractivity contribution >= 4 is 17.4 Å². The molecule has 2 heterocycles. The lowest BCUT2D eigenvalue weighted by atomic mass is 10.1. The second kappa shape index (κ2) is 5.63. The molecule has 0 saturated heterocycles. The Labute approximate surface area is 127 Å². The Bertz CT molecular complexity index is 733. The normalized spacial score (nSPS) is 13.6. The molecule has 3 rings (SSSR count). The van der Waals surface area contributed by atoms with Crippen molar-refractivity contribution in [2.24, 2.45) is 0 Å². The van der Waals surface area contributed by atoms with Crippen LogP contribution in [0.15, 0.2) is 30.5 Å². The fourth-order valence-corrected chi connectivity index (χ4v) is 2.52. The maximum atomic E-state index is 13.8. The predicted octanol–water partition coefficient (Wildman–Crippen LogP) is 2.50. The SMILES string of the molecule is COc1ccc(CN2CC(=O)Nc3c(C)ccnc32)cc1F. The van der Waals surface area contributed by atoms with Crippen LogP contribution in [0.5, 0.6) is 5.75 Å². The van der Waals surface area contributed by atoms with Gasteiger partial charge in [-0.05, 0) is 36.2 Å². The molecule has 0 aliphatic carbocycles. The summed E-state index contributed by atoms with van der Waals surface area (Å²) in [6.07, 6.45) is 1.70. The molecule has 0 radical (unpaired) electrons. The van der Waals surface area contributed by atoms with E-state index in [0.717, 1.165) is 11.1 Å². The third kappa shape index (κ3) is 2.59. The third-order valence-corrected chi connectivity index (χ3v) is 3.63. The second-order valence-electron chi connectivity index (χ2n) is 5.20. The summed E-state index contributed by atoms with van der Waals surface area (Å²) >= 11 is 0. The minimum atomic E-state index is -0.418. The van der Waals surface area contributed by atoms with Crippen LogP contribution in [0.1, 0.15) is 11.1 Å². The van der Waals surface area contributed by atoms with Crippen LogP contribution in [-0.2, 0) is 11.3 Å². The zero-order valence-electron chi connectivity index (χ0n) is 12.4. The van der Waals surface area contributed by atoms with Crippen LogP contribution in [0, 0.1) is 12.7 Å². The molecule has 0 atom stereocenters. The molecule has 1 aromatic heterocycles. The number of halogens is 1. The van der Waals surface area contributed by atoms with Crippen molar-refractivity contribution in [3.05, 3.63) is 47.4 Å². The number of benzene rings is 1. The first-order chi connectivity index (χ1) is 10.6. The van der Waals surface area contributed by atoms with Crippen molar-refractivity contribution in [2.75, 3.05) is 23.9 Å². The number of nitrogens with one attached hydrogen (secondary N) is 1. The van der Waals surface area contributed by atoms with E-state index < -0.39 is 5.82 Å². The molecule has 6 heteroatoms. The molecule has 1 aliphatic rings. The number of fused-ring (bicyclic) bond motifs is 1. The van der Waals surface area contributed by atoms with Gasteiger partial charge in [-0.25, -0.2) is 9.37 Å². The van der Waals surface area contributed by atoms with Crippen molar-refractivity contribution in [3.8, 4) is 5.75 Å². The number of carbonyl (C=O) groups is 1. The number of ether oxygens (including phenoxy) is 1. The number of amides is 1. The number of hydrogen-bond donors (Lipinski definition) is 1. The van der Waals surface area contributed by atoms with Crippen molar-refractivity contribution in [1.82, 2.24) is 4.98 Å². The monoisotopic (exact) mass is 301 g/mol. The Morgan fingerprint density at radius 1 is 1.41 bits per heavy atom. The molecule has 0 spiro atoms. The number of rotatable bonds is 3. The van der Waals surface area contributed by atoms with Gasteiger partial charge in [0, 0.05) is 12.7 Å². The lowest BCUT2D eigenvalue weighted by Gasteiger charge is -2.30. The van der Waals surface area contributed by atoms with Gasteiger partial charge in [0.25, 0.3) is 0 Å². The van der Waals surface area contributed by atoms with Gasteiger partial charge >= 0.3 is 0 Å². The van der Waals surface area contributed by atoms with Gasteiger partial charge in [-0.3, -0.25) is 4.79 Å². The van der Waals surface area contributed by atoms with Gasteiger partial charge < -0.3 is 15.0 Å². The van der Waals surface area contributed by atoms with Crippen LogP contribution in [-0.4, -0.2) is 24.5 Å². The van der Waals surface area contributed by atoms with Crippen molar-refractivity contribution < 1.29 is 13.9 Å². The van der Waals surface area contributed by atoms with E-state index in [0.29, 0.717) is 18.1 Å². The summed E-state index contributed by atoms with van der Waals surface area (Å²) in [6.45, 7) is 2.51. The van der Waals surface area contributed by atoms with E-state index in [4.69, 9.17) is 4.74 Å². The highest BCUT2D eigenvalue weighted by molar-refractivity contribution is 6.01. The van der Waals surface area contributed by atoms with Gasteiger partial charge in [-0.2, -0.15) is 0 Å². The zero-order chi connectivity index (χ0) is 15.7. The topological polar surface area (TPSA) is 54.5 Å². The molecule has 1 N–H and O–H groups in total. The summed E-state index contributed by atoms with van der Waals surface area (Å²) in [5.74, 6) is 0.391. The first kappa shape index (κ1) is 14.3. The van der Waals surface area contributed by atoms with Gasteiger partial charge in [0.05, 0.1) is 19.3 Å². The van der Waals surface area contributed by atoms with E-state index in [1.807, 2.05) is 17.9 Å². The molecular weight excluding hydrogens is 285 g/mol. The van der Waals surface area contributed by atoms with E-state index in [1.54, 1.807) is 18.3 Å². The van der Waals surface area contributed by atoms with Gasteiger partial charge in [0.15, 0.2) is 17.4 Å². The van der Waals surface area contributed by atoms with E-state index in [-0.39, 0.29) is 18.2 Å². The maximum Gasteiger partial charge on any atom is 0.244 e. The highest BCUT2D eigenvalue weighted by Crippen LogP contribution is 2.31. The molecule has 114 valence electrons. The quantitative estimate of drug-likeness (QED) is 0.946. The number of hydrogen-bond acceptors (Lipinski definition) is 4. The summed E-state index contributed by atoms with van der Waals surface area (Å²) < 4.78 is 18.7. The van der Waals surface area contributed by atoms with Crippen LogP contribution < -0.4 is 15.0 Å². The molecule has 0 saturated carbocycles. The molecule has 0 unspecified atom stereocenters. The Balaban J connectivity index is 1.92. The standard InChI is InChI=1S/C16H16FN3O2/c1-10-5-6-18-16-15(10)19-14(21)9-20(16)8-11-3-4-13(22-2)12(17)7-11/h3-7H,8-9H2,1-2H3,(H,19,21). The van der Waals surface area contributed by atoms with Gasteiger partial charge in [0.1, 0.15) is 0 Å². The van der Waals surface area contributed by atoms with Crippen molar-refractivity contribution in [1.29, 1.82) is 0 Å². The van der Waals surface area contributed by atoms with E-state index in [9.17, 15) is 9.18 Å². The van der Waals surface area contributed by atoms with Crippen LogP contribution in [0.2, 0.25) is 0 Å². The molecule has 1 amide bonds. The van der Waals surface area contributed by atoms with Gasteiger partial charge in [0.2, 0.25) is 5.91 Å². The van der Waals surface area contributed by atoms with Gasteiger partial charge in [-0.1, -0.05) is 6.07 Å². The zero-order valence-corrected chi connectivity index (χ0v) is 12.4. The van der Waals surface area contributed by atoms with E-state index in [2.05, 4.69) is 10.3 Å². The first-order valence-corrected chi connectivity index (χ1v) is 6.91. The number of aromatic nitrogens is 1. The molecule has 0 fully saturated rings. The predicted molar refractivity (Wildman–Crippen MR) is 81.6 cm³/mol. The molecule has 1 aliphatic heterocycles. The van der Waals surface area contributed by atoms with Crippen LogP contribution in [0.3, 0.4) is 0 Å². The van der Waals surface area contributed by atoms with Crippen LogP contribution in [0.25, 0.3) is 0 Å². The highest BCUT2D eigenvalue weighted by atomic mass is 19.1. The lowest BCUT2D eigenvalue weighted by molar-refractivity contribution is -0.115. The Kier molecular flexibility index (Phi) is 3.66. The molecule has 22 heavy (non-hydrogen) atoms. The maximum absolute atomic E-state index is 13.8. The van der Waals surface area contributed by atoms with Crippen LogP contribution in [0.4, 0.5) is 15.9 Å². The van der Waals surface area contributed by atoms with Crippen molar-refractivity contribution in [2.45, 2.75) is 13.5 Å². The summed E-state index contributed by atoms with van der Waals surface area (Å²) in [5, 5.41) is 2.84. The number of methoxy groups -OCH3 is 1. The summed E-state index contributed by atoms with van der Waals surface area (Å²) in [4.78, 5) is 18.0. The molecular formula is C16H16FN3O2. The lowest BCUT2D eigenvalue weighted by Crippen LogP contribution is -2.38. The average Bonchev–Trinajstić information content (AvgIpc) is 2.48. The minimum Gasteiger partial charge on any atom is -0.494 e. The number of nitrogens with zero attached hydrogens (tertiary/aromatic N) is 2. The van der Waals surface area contributed by atoms with Crippen LogP contribution >= 0.6 is 0 Å². The second-order valence-corrected chi connectivity index (χ2v) is 5.20. The summed E-state index contributed by atoms with van der Waals surface area (Å²) in [6, 6.07) is 6.62. The average molecular weight is 301 g/mol. The largest absolute Gasteiger partial charge is 0.494 e. The Morgan fingerprint density at radius 3 is 2.95 bits per heavy atom. The van der Waals surface area contributed by atoms with Gasteiger partial charge in [-0.15, -0.1) is 0 Å². The van der Waals surface area contributed by atoms with E-state index in [1.165, 1.54) is 13.2 Å². The molecule has 2 aromatic rings. The van der Waals surface area contributed by atoms with Crippen molar-refractivity contribution in [3.63, 3.8) is 0 Å². The third-order valence-electron chi connectivity index (χ3n) is 3.63. The smallest absolute Gasteiger partial charge is 0.244 e. The number of carbonyl (C=O) groups excluding carboxylic acids is 1. The Hall–Kier alpha value is -2.63. The number of aryl methyl sites for hydroxylation is 1. The number of pyridine rings is 1. The summed E-state index contributed by atoms with van der Waals surface area (Å²) in [7, 11) is 1.43. The molecule has 5 nitrogen and oxygen atoms in total. The number of anilines is 2. The minimum absolute atomic E-state index is 0.0995. The fourth-order valence-electron chi connectivity index (χ4n) is 2.52. The Morgan fingerprint density at radius 2 is 2.23 bits per heavy atom. The summed E-state index contributed by atoms with van der Waals surface area (Å²) in [5.41, 5.74) is 2.42. The first-order valence-electron chi connectivity index (χ1n) is 6.91. The molecule has 1 aromatic carbocycles. The molecule has 0 bridgehead atoms. The highest BCUT2D eigenvalue weighted by Gasteiger charge is 2.24.